The zero-order valence-electron chi connectivity index (χ0n) is 18.7. The molecule has 31 heavy (non-hydrogen) atoms. The average molecular weight is 405 g/mol. The fourth-order valence-corrected chi connectivity index (χ4v) is 5.92. The molecular weight excluding hydrogens is 376 g/mol. The Balaban J connectivity index is 1.77. The van der Waals surface area contributed by atoms with Crippen molar-refractivity contribution in [3.8, 4) is 11.4 Å². The maximum atomic E-state index is 2.48. The number of hydrogen-bond acceptors (Lipinski definition) is 0. The van der Waals surface area contributed by atoms with Crippen LogP contribution in [0, 0.1) is 0 Å². The maximum Gasteiger partial charge on any atom is 0.0531 e. The first-order valence-electron chi connectivity index (χ1n) is 11.2. The second-order valence-electron chi connectivity index (χ2n) is 10.3. The predicted octanol–water partition coefficient (Wildman–Crippen LogP) is 7.53. The van der Waals surface area contributed by atoms with Gasteiger partial charge in [0.15, 0.2) is 0 Å². The Hall–Kier alpha value is -3.26. The summed E-state index contributed by atoms with van der Waals surface area (Å²) in [7, 11) is 0. The molecule has 5 aromatic rings. The monoisotopic (exact) mass is 404 g/mol. The van der Waals surface area contributed by atoms with Gasteiger partial charge in [0.05, 0.1) is 11.0 Å². The number of aromatic nitrogens is 2. The fourth-order valence-electron chi connectivity index (χ4n) is 5.92. The predicted molar refractivity (Wildman–Crippen MR) is 131 cm³/mol. The third kappa shape index (κ3) is 2.64. The van der Waals surface area contributed by atoms with E-state index in [2.05, 4.69) is 122 Å². The van der Waals surface area contributed by atoms with Crippen molar-refractivity contribution in [2.75, 3.05) is 0 Å². The molecule has 154 valence electrons. The minimum Gasteiger partial charge on any atom is -0.313 e. The van der Waals surface area contributed by atoms with Gasteiger partial charge in [0, 0.05) is 44.4 Å². The molecule has 0 saturated heterocycles. The molecule has 2 heteroatoms. The molecular formula is C29H28N2. The first kappa shape index (κ1) is 18.5. The molecule has 3 aromatic carbocycles. The molecule has 2 bridgehead atoms. The van der Waals surface area contributed by atoms with Gasteiger partial charge in [0.1, 0.15) is 0 Å². The van der Waals surface area contributed by atoms with Crippen LogP contribution in [0.5, 0.6) is 0 Å². The lowest BCUT2D eigenvalue weighted by atomic mass is 9.71. The minimum absolute atomic E-state index is 0.00283. The minimum atomic E-state index is -0.00283. The average Bonchev–Trinajstić information content (AvgIpc) is 3.33. The van der Waals surface area contributed by atoms with Crippen molar-refractivity contribution in [1.29, 1.82) is 0 Å². The first-order valence-corrected chi connectivity index (χ1v) is 11.2. The van der Waals surface area contributed by atoms with Crippen molar-refractivity contribution >= 4 is 21.8 Å². The Kier molecular flexibility index (Phi) is 3.66. The van der Waals surface area contributed by atoms with Gasteiger partial charge in [-0.2, -0.15) is 0 Å². The smallest absolute Gasteiger partial charge is 0.0531 e. The number of benzene rings is 3. The van der Waals surface area contributed by atoms with Crippen LogP contribution < -0.4 is 0 Å². The van der Waals surface area contributed by atoms with Crippen molar-refractivity contribution < 1.29 is 0 Å². The van der Waals surface area contributed by atoms with Gasteiger partial charge in [-0.3, -0.25) is 0 Å². The molecule has 2 nitrogen and oxygen atoms in total. The molecule has 0 unspecified atom stereocenters. The van der Waals surface area contributed by atoms with Crippen LogP contribution in [0.4, 0.5) is 0 Å². The summed E-state index contributed by atoms with van der Waals surface area (Å²) in [6, 6.07) is 31.4. The molecule has 2 aromatic heterocycles. The van der Waals surface area contributed by atoms with E-state index in [0.29, 0.717) is 0 Å². The molecule has 0 amide bonds. The van der Waals surface area contributed by atoms with E-state index >= 15 is 0 Å². The Morgan fingerprint density at radius 1 is 0.548 bits per heavy atom. The van der Waals surface area contributed by atoms with Gasteiger partial charge in [-0.25, -0.2) is 0 Å². The lowest BCUT2D eigenvalue weighted by Gasteiger charge is -2.37. The van der Waals surface area contributed by atoms with Crippen molar-refractivity contribution in [3.05, 3.63) is 96.3 Å². The highest BCUT2D eigenvalue weighted by Crippen LogP contribution is 2.44. The van der Waals surface area contributed by atoms with Crippen LogP contribution >= 0.6 is 0 Å². The van der Waals surface area contributed by atoms with Gasteiger partial charge in [0.2, 0.25) is 0 Å². The number of para-hydroxylation sites is 2. The topological polar surface area (TPSA) is 9.86 Å². The van der Waals surface area contributed by atoms with Gasteiger partial charge < -0.3 is 9.13 Å². The Labute approximate surface area is 183 Å². The van der Waals surface area contributed by atoms with E-state index in [9.17, 15) is 0 Å². The lowest BCUT2D eigenvalue weighted by Crippen LogP contribution is -2.33. The first-order chi connectivity index (χ1) is 14.9. The molecule has 6 rings (SSSR count). The Morgan fingerprint density at radius 3 is 1.48 bits per heavy atom. The van der Waals surface area contributed by atoms with Crippen LogP contribution in [0.2, 0.25) is 0 Å². The van der Waals surface area contributed by atoms with Gasteiger partial charge in [-0.05, 0) is 48.9 Å². The summed E-state index contributed by atoms with van der Waals surface area (Å²) in [6.07, 6.45) is 1.05. The van der Waals surface area contributed by atoms with E-state index in [1.54, 1.807) is 0 Å². The third-order valence-corrected chi connectivity index (χ3v) is 7.04. The number of hydrogen-bond donors (Lipinski definition) is 0. The van der Waals surface area contributed by atoms with Gasteiger partial charge >= 0.3 is 0 Å². The quantitative estimate of drug-likeness (QED) is 0.252. The highest BCUT2D eigenvalue weighted by molar-refractivity contribution is 5.86. The summed E-state index contributed by atoms with van der Waals surface area (Å²) in [5.41, 5.74) is 7.76. The van der Waals surface area contributed by atoms with Gasteiger partial charge in [-0.1, -0.05) is 70.2 Å². The van der Waals surface area contributed by atoms with Crippen molar-refractivity contribution in [2.45, 2.75) is 44.9 Å². The lowest BCUT2D eigenvalue weighted by molar-refractivity contribution is 0.331. The number of nitrogens with zero attached hydrogens (tertiary/aromatic N) is 2. The molecule has 0 fully saturated rings. The molecule has 3 heterocycles. The second-order valence-corrected chi connectivity index (χ2v) is 10.3. The van der Waals surface area contributed by atoms with E-state index in [1.807, 2.05) is 0 Å². The van der Waals surface area contributed by atoms with Gasteiger partial charge in [-0.15, -0.1) is 0 Å². The van der Waals surface area contributed by atoms with E-state index in [0.717, 1.165) is 6.42 Å². The standard InChI is InChI=1S/C29H28N2/c1-28(2)19-29(3,4)27-17-21-11-6-8-15-25(21)31(27)23-13-9-12-22(18-23)30-24-14-7-5-10-20(24)16-26(28)30/h5-18H,19H2,1-4H3. The molecule has 0 radical (unpaired) electrons. The van der Waals surface area contributed by atoms with E-state index in [1.165, 1.54) is 44.6 Å². The van der Waals surface area contributed by atoms with Crippen LogP contribution in [0.15, 0.2) is 84.9 Å². The van der Waals surface area contributed by atoms with Gasteiger partial charge in [0.25, 0.3) is 0 Å². The van der Waals surface area contributed by atoms with E-state index < -0.39 is 0 Å². The Bertz CT molecular complexity index is 1350. The maximum absolute atomic E-state index is 2.48. The van der Waals surface area contributed by atoms with Crippen LogP contribution in [0.3, 0.4) is 0 Å². The summed E-state index contributed by atoms with van der Waals surface area (Å²) in [5, 5.41) is 2.61. The van der Waals surface area contributed by atoms with Crippen molar-refractivity contribution in [3.63, 3.8) is 0 Å². The highest BCUT2D eigenvalue weighted by atomic mass is 15.0. The normalized spacial score (nSPS) is 16.8. The SMILES string of the molecule is CC1(C)CC(C)(C)c2cc3ccccc3n2-c2cccc(c2)-n2c1cc1ccccc12. The largest absolute Gasteiger partial charge is 0.313 e. The molecule has 0 atom stereocenters. The van der Waals surface area contributed by atoms with Crippen LogP contribution in [0.25, 0.3) is 33.2 Å². The van der Waals surface area contributed by atoms with E-state index in [-0.39, 0.29) is 10.8 Å². The van der Waals surface area contributed by atoms with E-state index in [4.69, 9.17) is 0 Å². The molecule has 0 aliphatic carbocycles. The van der Waals surface area contributed by atoms with Crippen LogP contribution in [0.1, 0.15) is 45.5 Å². The number of fused-ring (bicyclic) bond motifs is 10. The van der Waals surface area contributed by atoms with Crippen molar-refractivity contribution in [2.24, 2.45) is 0 Å². The summed E-state index contributed by atoms with van der Waals surface area (Å²) in [4.78, 5) is 0. The summed E-state index contributed by atoms with van der Waals surface area (Å²) in [5.74, 6) is 0. The van der Waals surface area contributed by atoms with Crippen molar-refractivity contribution in [1.82, 2.24) is 9.13 Å². The zero-order chi connectivity index (χ0) is 21.4. The molecule has 1 aliphatic heterocycles. The highest BCUT2D eigenvalue weighted by Gasteiger charge is 2.37. The third-order valence-electron chi connectivity index (χ3n) is 7.04. The molecule has 0 saturated carbocycles. The molecule has 0 spiro atoms. The second kappa shape index (κ2) is 6.13. The van der Waals surface area contributed by atoms with Crippen LogP contribution in [-0.4, -0.2) is 9.13 Å². The summed E-state index contributed by atoms with van der Waals surface area (Å²) < 4.78 is 4.96. The Morgan fingerprint density at radius 2 is 1.00 bits per heavy atom. The summed E-state index contributed by atoms with van der Waals surface area (Å²) >= 11 is 0. The zero-order valence-corrected chi connectivity index (χ0v) is 18.7. The fraction of sp³-hybridized carbons (Fsp3) is 0.241. The van der Waals surface area contributed by atoms with Crippen LogP contribution in [-0.2, 0) is 10.8 Å². The molecule has 0 N–H and O–H groups in total. The number of rotatable bonds is 0. The molecule has 1 aliphatic rings. The summed E-state index contributed by atoms with van der Waals surface area (Å²) in [6.45, 7) is 9.60.